The normalized spacial score (nSPS) is 20.5. The van der Waals surface area contributed by atoms with Gasteiger partial charge in [0.15, 0.2) is 15.6 Å². The van der Waals surface area contributed by atoms with E-state index in [0.717, 1.165) is 5.69 Å². The number of carbonyl (C=O) groups excluding carboxylic acids is 1. The van der Waals surface area contributed by atoms with Gasteiger partial charge in [0.2, 0.25) is 0 Å². The van der Waals surface area contributed by atoms with E-state index in [9.17, 15) is 13.2 Å². The summed E-state index contributed by atoms with van der Waals surface area (Å²) < 4.78 is 28.4. The summed E-state index contributed by atoms with van der Waals surface area (Å²) in [4.78, 5) is 14.1. The van der Waals surface area contributed by atoms with Crippen molar-refractivity contribution in [2.24, 2.45) is 0 Å². The number of nitrogens with one attached hydrogen (secondary N) is 1. The van der Waals surface area contributed by atoms with Crippen LogP contribution in [0.15, 0.2) is 18.2 Å². The van der Waals surface area contributed by atoms with E-state index in [4.69, 9.17) is 4.74 Å². The van der Waals surface area contributed by atoms with Gasteiger partial charge in [-0.15, -0.1) is 0 Å². The summed E-state index contributed by atoms with van der Waals surface area (Å²) in [5.41, 5.74) is 1.31. The monoisotopic (exact) mass is 296 g/mol. The van der Waals surface area contributed by atoms with E-state index in [1.807, 2.05) is 6.07 Å². The van der Waals surface area contributed by atoms with Crippen molar-refractivity contribution in [3.8, 4) is 5.75 Å². The van der Waals surface area contributed by atoms with Gasteiger partial charge in [0.1, 0.15) is 6.61 Å². The van der Waals surface area contributed by atoms with Crippen LogP contribution in [-0.4, -0.2) is 57.0 Å². The lowest BCUT2D eigenvalue weighted by atomic mass is 10.1. The molecule has 0 saturated carbocycles. The molecule has 1 aromatic carbocycles. The van der Waals surface area contributed by atoms with Crippen LogP contribution in [0.1, 0.15) is 10.4 Å². The summed E-state index contributed by atoms with van der Waals surface area (Å²) in [6, 6.07) is 5.39. The minimum absolute atomic E-state index is 0.0346. The van der Waals surface area contributed by atoms with Crippen molar-refractivity contribution < 1.29 is 17.9 Å². The Morgan fingerprint density at radius 1 is 1.25 bits per heavy atom. The summed E-state index contributed by atoms with van der Waals surface area (Å²) in [6.45, 7) is 1.73. The lowest BCUT2D eigenvalue weighted by Gasteiger charge is -2.28. The average Bonchev–Trinajstić information content (AvgIpc) is 2.46. The molecule has 0 aromatic heterocycles. The Labute approximate surface area is 117 Å². The fourth-order valence-electron chi connectivity index (χ4n) is 2.42. The van der Waals surface area contributed by atoms with Crippen LogP contribution in [0.5, 0.6) is 5.75 Å². The molecule has 2 heterocycles. The largest absolute Gasteiger partial charge is 0.489 e. The zero-order chi connectivity index (χ0) is 14.2. The first-order chi connectivity index (χ1) is 9.57. The van der Waals surface area contributed by atoms with E-state index >= 15 is 0 Å². The summed E-state index contributed by atoms with van der Waals surface area (Å²) >= 11 is 0. The molecular weight excluding hydrogens is 280 g/mol. The first-order valence-electron chi connectivity index (χ1n) is 6.56. The molecule has 0 aliphatic carbocycles. The highest BCUT2D eigenvalue weighted by Crippen LogP contribution is 2.32. The number of carbonyl (C=O) groups is 1. The van der Waals surface area contributed by atoms with E-state index in [1.54, 1.807) is 17.0 Å². The molecule has 0 spiro atoms. The average molecular weight is 296 g/mol. The maximum absolute atomic E-state index is 12.5. The van der Waals surface area contributed by atoms with Gasteiger partial charge >= 0.3 is 0 Å². The Balaban J connectivity index is 1.85. The van der Waals surface area contributed by atoms with Gasteiger partial charge in [0, 0.05) is 19.6 Å². The van der Waals surface area contributed by atoms with Gasteiger partial charge in [-0.1, -0.05) is 6.07 Å². The number of ether oxygens (including phenoxy) is 1. The molecule has 1 amide bonds. The molecule has 0 radical (unpaired) electrons. The minimum Gasteiger partial charge on any atom is -0.489 e. The van der Waals surface area contributed by atoms with Crippen molar-refractivity contribution in [1.29, 1.82) is 0 Å². The van der Waals surface area contributed by atoms with Gasteiger partial charge in [0.05, 0.1) is 22.8 Å². The SMILES string of the molecule is O=C(c1cccc2c1OCCN2)N1CCS(=O)(=O)CC1. The third-order valence-corrected chi connectivity index (χ3v) is 5.15. The van der Waals surface area contributed by atoms with E-state index < -0.39 is 9.84 Å². The number of nitrogens with zero attached hydrogens (tertiary/aromatic N) is 1. The Hall–Kier alpha value is -1.76. The number of anilines is 1. The number of hydrogen-bond acceptors (Lipinski definition) is 5. The van der Waals surface area contributed by atoms with Gasteiger partial charge in [-0.05, 0) is 12.1 Å². The molecule has 0 bridgehead atoms. The van der Waals surface area contributed by atoms with Crippen molar-refractivity contribution in [1.82, 2.24) is 4.90 Å². The van der Waals surface area contributed by atoms with Crippen LogP contribution in [0.4, 0.5) is 5.69 Å². The molecule has 2 aliphatic rings. The maximum Gasteiger partial charge on any atom is 0.257 e. The quantitative estimate of drug-likeness (QED) is 0.810. The molecule has 6 nitrogen and oxygen atoms in total. The molecule has 1 saturated heterocycles. The van der Waals surface area contributed by atoms with Crippen LogP contribution in [0.3, 0.4) is 0 Å². The Morgan fingerprint density at radius 3 is 2.75 bits per heavy atom. The Morgan fingerprint density at radius 2 is 2.00 bits per heavy atom. The smallest absolute Gasteiger partial charge is 0.257 e. The van der Waals surface area contributed by atoms with E-state index in [0.29, 0.717) is 24.5 Å². The molecule has 1 fully saturated rings. The molecule has 108 valence electrons. The standard InChI is InChI=1S/C13H16N2O4S/c16-13(15-5-8-20(17,18)9-6-15)10-2-1-3-11-12(10)19-7-4-14-11/h1-3,14H,4-9H2. The predicted octanol–water partition coefficient (Wildman–Crippen LogP) is 0.361. The van der Waals surface area contributed by atoms with Gasteiger partial charge in [-0.25, -0.2) is 8.42 Å². The molecule has 7 heteroatoms. The van der Waals surface area contributed by atoms with Gasteiger partial charge < -0.3 is 15.0 Å². The van der Waals surface area contributed by atoms with Crippen LogP contribution in [0.25, 0.3) is 0 Å². The summed E-state index contributed by atoms with van der Waals surface area (Å²) in [5, 5.41) is 3.18. The second-order valence-corrected chi connectivity index (χ2v) is 7.21. The molecule has 2 aliphatic heterocycles. The number of benzene rings is 1. The zero-order valence-electron chi connectivity index (χ0n) is 11.0. The minimum atomic E-state index is -2.99. The molecule has 20 heavy (non-hydrogen) atoms. The zero-order valence-corrected chi connectivity index (χ0v) is 11.8. The van der Waals surface area contributed by atoms with Crippen molar-refractivity contribution >= 4 is 21.4 Å². The molecule has 1 aromatic rings. The Kier molecular flexibility index (Phi) is 3.29. The molecule has 3 rings (SSSR count). The lowest BCUT2D eigenvalue weighted by Crippen LogP contribution is -2.44. The third-order valence-electron chi connectivity index (χ3n) is 3.54. The number of fused-ring (bicyclic) bond motifs is 1. The fourth-order valence-corrected chi connectivity index (χ4v) is 3.63. The van der Waals surface area contributed by atoms with E-state index in [1.165, 1.54) is 0 Å². The van der Waals surface area contributed by atoms with Crippen LogP contribution in [0, 0.1) is 0 Å². The van der Waals surface area contributed by atoms with E-state index in [-0.39, 0.29) is 30.5 Å². The highest BCUT2D eigenvalue weighted by atomic mass is 32.2. The number of para-hydroxylation sites is 1. The third kappa shape index (κ3) is 2.45. The highest BCUT2D eigenvalue weighted by Gasteiger charge is 2.28. The molecule has 1 N–H and O–H groups in total. The van der Waals surface area contributed by atoms with Crippen molar-refractivity contribution in [3.63, 3.8) is 0 Å². The maximum atomic E-state index is 12.5. The van der Waals surface area contributed by atoms with Crippen LogP contribution in [0.2, 0.25) is 0 Å². The molecule has 0 unspecified atom stereocenters. The van der Waals surface area contributed by atoms with Crippen molar-refractivity contribution in [2.75, 3.05) is 43.1 Å². The second kappa shape index (κ2) is 4.97. The second-order valence-electron chi connectivity index (χ2n) is 4.90. The Bertz CT molecular complexity index is 628. The number of rotatable bonds is 1. The van der Waals surface area contributed by atoms with Crippen molar-refractivity contribution in [3.05, 3.63) is 23.8 Å². The van der Waals surface area contributed by atoms with Crippen LogP contribution < -0.4 is 10.1 Å². The van der Waals surface area contributed by atoms with E-state index in [2.05, 4.69) is 5.32 Å². The lowest BCUT2D eigenvalue weighted by molar-refractivity contribution is 0.0766. The summed E-state index contributed by atoms with van der Waals surface area (Å²) in [6.07, 6.45) is 0. The molecular formula is C13H16N2O4S. The first-order valence-corrected chi connectivity index (χ1v) is 8.38. The summed E-state index contributed by atoms with van der Waals surface area (Å²) in [5.74, 6) is 0.470. The van der Waals surface area contributed by atoms with Gasteiger partial charge in [-0.2, -0.15) is 0 Å². The topological polar surface area (TPSA) is 75.7 Å². The number of amides is 1. The fraction of sp³-hybridized carbons (Fsp3) is 0.462. The highest BCUT2D eigenvalue weighted by molar-refractivity contribution is 7.91. The molecule has 0 atom stereocenters. The number of sulfone groups is 1. The summed E-state index contributed by atoms with van der Waals surface area (Å²) in [7, 11) is -2.99. The van der Waals surface area contributed by atoms with Crippen LogP contribution in [-0.2, 0) is 9.84 Å². The number of hydrogen-bond donors (Lipinski definition) is 1. The van der Waals surface area contributed by atoms with Crippen molar-refractivity contribution in [2.45, 2.75) is 0 Å². The van der Waals surface area contributed by atoms with Gasteiger partial charge in [-0.3, -0.25) is 4.79 Å². The first kappa shape index (κ1) is 13.2. The van der Waals surface area contributed by atoms with Gasteiger partial charge in [0.25, 0.3) is 5.91 Å². The predicted molar refractivity (Wildman–Crippen MR) is 75.0 cm³/mol. The van der Waals surface area contributed by atoms with Crippen LogP contribution >= 0.6 is 0 Å².